The molecule has 0 radical (unpaired) electrons. The number of rotatable bonds is 3. The Kier molecular flexibility index (Phi) is 3.22. The number of aliphatic hydroxyl groups is 1. The van der Waals surface area contributed by atoms with Gasteiger partial charge in [0.1, 0.15) is 0 Å². The standard InChI is InChI=1S/C13H16Cl2O/c1-13(2)7-10(13)12(16)5-8-3-4-9(14)6-11(8)15/h3-4,6,10,12,16H,5,7H2,1-2H3. The van der Waals surface area contributed by atoms with Crippen molar-refractivity contribution in [1.29, 1.82) is 0 Å². The van der Waals surface area contributed by atoms with Crippen LogP contribution < -0.4 is 0 Å². The number of benzene rings is 1. The molecule has 1 aromatic carbocycles. The van der Waals surface area contributed by atoms with Crippen LogP contribution in [0, 0.1) is 11.3 Å². The summed E-state index contributed by atoms with van der Waals surface area (Å²) in [6, 6.07) is 5.43. The van der Waals surface area contributed by atoms with Crippen LogP contribution in [0.25, 0.3) is 0 Å². The van der Waals surface area contributed by atoms with Crippen LogP contribution in [0.5, 0.6) is 0 Å². The summed E-state index contributed by atoms with van der Waals surface area (Å²) in [6.45, 7) is 4.37. The Morgan fingerprint density at radius 3 is 2.56 bits per heavy atom. The molecule has 0 aliphatic heterocycles. The van der Waals surface area contributed by atoms with Gasteiger partial charge in [-0.05, 0) is 35.4 Å². The molecule has 0 amide bonds. The largest absolute Gasteiger partial charge is 0.392 e. The maximum absolute atomic E-state index is 10.1. The third-order valence-electron chi connectivity index (χ3n) is 3.50. The third-order valence-corrected chi connectivity index (χ3v) is 4.09. The molecule has 2 atom stereocenters. The molecule has 0 heterocycles. The summed E-state index contributed by atoms with van der Waals surface area (Å²) in [6.07, 6.45) is 1.41. The van der Waals surface area contributed by atoms with Gasteiger partial charge in [-0.1, -0.05) is 43.1 Å². The summed E-state index contributed by atoms with van der Waals surface area (Å²) in [5.41, 5.74) is 1.26. The molecule has 1 aliphatic rings. The number of aliphatic hydroxyl groups excluding tert-OH is 1. The predicted molar refractivity (Wildman–Crippen MR) is 68.1 cm³/mol. The monoisotopic (exact) mass is 258 g/mol. The fraction of sp³-hybridized carbons (Fsp3) is 0.538. The van der Waals surface area contributed by atoms with Gasteiger partial charge in [0.05, 0.1) is 6.10 Å². The lowest BCUT2D eigenvalue weighted by Crippen LogP contribution is -2.16. The van der Waals surface area contributed by atoms with Crippen molar-refractivity contribution in [2.45, 2.75) is 32.8 Å². The average Bonchev–Trinajstić information content (AvgIpc) is 2.80. The van der Waals surface area contributed by atoms with Crippen molar-refractivity contribution in [2.24, 2.45) is 11.3 Å². The molecule has 1 aromatic rings. The first-order chi connectivity index (χ1) is 7.40. The van der Waals surface area contributed by atoms with E-state index in [1.807, 2.05) is 12.1 Å². The van der Waals surface area contributed by atoms with Crippen LogP contribution in [0.2, 0.25) is 10.0 Å². The Morgan fingerprint density at radius 2 is 2.06 bits per heavy atom. The molecule has 0 aromatic heterocycles. The predicted octanol–water partition coefficient (Wildman–Crippen LogP) is 3.94. The van der Waals surface area contributed by atoms with E-state index in [1.165, 1.54) is 0 Å². The zero-order valence-electron chi connectivity index (χ0n) is 9.50. The first kappa shape index (κ1) is 12.2. The van der Waals surface area contributed by atoms with Crippen LogP contribution in [-0.2, 0) is 6.42 Å². The van der Waals surface area contributed by atoms with E-state index in [9.17, 15) is 5.11 Å². The van der Waals surface area contributed by atoms with Crippen molar-refractivity contribution in [3.63, 3.8) is 0 Å². The second kappa shape index (κ2) is 4.21. The number of hydrogen-bond donors (Lipinski definition) is 1. The van der Waals surface area contributed by atoms with Gasteiger partial charge in [0.25, 0.3) is 0 Å². The second-order valence-electron chi connectivity index (χ2n) is 5.31. The van der Waals surface area contributed by atoms with Crippen LogP contribution in [0.15, 0.2) is 18.2 Å². The summed E-state index contributed by atoms with van der Waals surface area (Å²) in [7, 11) is 0. The first-order valence-corrected chi connectivity index (χ1v) is 6.28. The number of hydrogen-bond acceptors (Lipinski definition) is 1. The molecule has 16 heavy (non-hydrogen) atoms. The van der Waals surface area contributed by atoms with Crippen LogP contribution in [0.4, 0.5) is 0 Å². The van der Waals surface area contributed by atoms with Gasteiger partial charge in [0, 0.05) is 16.5 Å². The van der Waals surface area contributed by atoms with Gasteiger partial charge in [-0.3, -0.25) is 0 Å². The molecule has 1 fully saturated rings. The van der Waals surface area contributed by atoms with Crippen LogP contribution >= 0.6 is 23.2 Å². The zero-order chi connectivity index (χ0) is 11.9. The van der Waals surface area contributed by atoms with Crippen LogP contribution in [-0.4, -0.2) is 11.2 Å². The average molecular weight is 259 g/mol. The molecule has 0 saturated heterocycles. The lowest BCUT2D eigenvalue weighted by molar-refractivity contribution is 0.137. The topological polar surface area (TPSA) is 20.2 Å². The lowest BCUT2D eigenvalue weighted by atomic mass is 10.00. The Morgan fingerprint density at radius 1 is 1.44 bits per heavy atom. The molecule has 1 saturated carbocycles. The molecule has 1 nitrogen and oxygen atoms in total. The highest BCUT2D eigenvalue weighted by Gasteiger charge is 2.49. The van der Waals surface area contributed by atoms with Crippen LogP contribution in [0.1, 0.15) is 25.8 Å². The lowest BCUT2D eigenvalue weighted by Gasteiger charge is -2.13. The van der Waals surface area contributed by atoms with E-state index >= 15 is 0 Å². The van der Waals surface area contributed by atoms with Crippen molar-refractivity contribution >= 4 is 23.2 Å². The smallest absolute Gasteiger partial charge is 0.0614 e. The molecular formula is C13H16Cl2O. The van der Waals surface area contributed by atoms with Gasteiger partial charge >= 0.3 is 0 Å². The Hall–Kier alpha value is -0.240. The van der Waals surface area contributed by atoms with E-state index in [2.05, 4.69) is 13.8 Å². The summed E-state index contributed by atoms with van der Waals surface area (Å²) in [5, 5.41) is 11.4. The van der Waals surface area contributed by atoms with E-state index in [-0.39, 0.29) is 11.5 Å². The molecule has 88 valence electrons. The molecule has 1 aliphatic carbocycles. The van der Waals surface area contributed by atoms with Crippen molar-refractivity contribution in [1.82, 2.24) is 0 Å². The minimum atomic E-state index is -0.298. The van der Waals surface area contributed by atoms with E-state index in [4.69, 9.17) is 23.2 Å². The van der Waals surface area contributed by atoms with Crippen molar-refractivity contribution in [3.8, 4) is 0 Å². The normalized spacial score (nSPS) is 24.2. The van der Waals surface area contributed by atoms with E-state index in [0.717, 1.165) is 12.0 Å². The summed E-state index contributed by atoms with van der Waals surface area (Å²) < 4.78 is 0. The highest BCUT2D eigenvalue weighted by Crippen LogP contribution is 2.54. The molecule has 3 heteroatoms. The van der Waals surface area contributed by atoms with Crippen molar-refractivity contribution in [2.75, 3.05) is 0 Å². The SMILES string of the molecule is CC1(C)CC1C(O)Cc1ccc(Cl)cc1Cl. The first-order valence-electron chi connectivity index (χ1n) is 5.52. The van der Waals surface area contributed by atoms with Gasteiger partial charge in [0.15, 0.2) is 0 Å². The molecule has 2 unspecified atom stereocenters. The zero-order valence-corrected chi connectivity index (χ0v) is 11.0. The quantitative estimate of drug-likeness (QED) is 0.871. The Balaban J connectivity index is 2.04. The van der Waals surface area contributed by atoms with Crippen molar-refractivity contribution in [3.05, 3.63) is 33.8 Å². The maximum atomic E-state index is 10.1. The second-order valence-corrected chi connectivity index (χ2v) is 6.15. The van der Waals surface area contributed by atoms with Crippen LogP contribution in [0.3, 0.4) is 0 Å². The highest BCUT2D eigenvalue weighted by atomic mass is 35.5. The van der Waals surface area contributed by atoms with Gasteiger partial charge in [-0.2, -0.15) is 0 Å². The number of halogens is 2. The van der Waals surface area contributed by atoms with Crippen molar-refractivity contribution < 1.29 is 5.11 Å². The minimum absolute atomic E-state index is 0.290. The van der Waals surface area contributed by atoms with E-state index in [1.54, 1.807) is 6.07 Å². The molecule has 1 N–H and O–H groups in total. The van der Waals surface area contributed by atoms with E-state index < -0.39 is 0 Å². The third kappa shape index (κ3) is 2.53. The minimum Gasteiger partial charge on any atom is -0.392 e. The Labute approximate surface area is 106 Å². The summed E-state index contributed by atoms with van der Waals surface area (Å²) >= 11 is 11.9. The summed E-state index contributed by atoms with van der Waals surface area (Å²) in [4.78, 5) is 0. The molecule has 2 rings (SSSR count). The summed E-state index contributed by atoms with van der Waals surface area (Å²) in [5.74, 6) is 0.402. The maximum Gasteiger partial charge on any atom is 0.0614 e. The molecular weight excluding hydrogens is 243 g/mol. The van der Waals surface area contributed by atoms with Gasteiger partial charge in [-0.25, -0.2) is 0 Å². The van der Waals surface area contributed by atoms with E-state index in [0.29, 0.717) is 22.4 Å². The van der Waals surface area contributed by atoms with Gasteiger partial charge in [-0.15, -0.1) is 0 Å². The fourth-order valence-electron chi connectivity index (χ4n) is 2.22. The fourth-order valence-corrected chi connectivity index (χ4v) is 2.71. The molecule has 0 bridgehead atoms. The van der Waals surface area contributed by atoms with Gasteiger partial charge < -0.3 is 5.11 Å². The Bertz CT molecular complexity index is 401. The highest BCUT2D eigenvalue weighted by molar-refractivity contribution is 6.35. The van der Waals surface area contributed by atoms with Gasteiger partial charge in [0.2, 0.25) is 0 Å². The molecule has 0 spiro atoms.